The van der Waals surface area contributed by atoms with Crippen LogP contribution >= 0.6 is 27.5 Å². The molecular weight excluding hydrogens is 593 g/mol. The number of nitrogens with zero attached hydrogens (tertiary/aromatic N) is 1. The van der Waals surface area contributed by atoms with E-state index in [1.54, 1.807) is 37.3 Å². The van der Waals surface area contributed by atoms with Crippen molar-refractivity contribution in [2.45, 2.75) is 49.6 Å². The lowest BCUT2D eigenvalue weighted by Crippen LogP contribution is -2.41. The third-order valence-electron chi connectivity index (χ3n) is 6.65. The molecule has 3 aromatic rings. The van der Waals surface area contributed by atoms with Gasteiger partial charge in [-0.1, -0.05) is 64.3 Å². The standard InChI is InChI=1S/C28H30BrClFN3O3S/c1-19(28(35)33-20-9-7-10-21(17-20)38(36,37)34-15-5-2-6-16-34)32-27(22-11-3-4-12-24(22)29)18-23-25(30)13-8-14-26(23)31/h3-4,7-14,17,19,27,32H,2,5-6,15-16,18H2,1H3,(H,33,35). The van der Waals surface area contributed by atoms with Gasteiger partial charge in [-0.05, 0) is 68.1 Å². The number of hydrogen-bond donors (Lipinski definition) is 2. The molecule has 0 bridgehead atoms. The van der Waals surface area contributed by atoms with Crippen LogP contribution in [0.2, 0.25) is 5.02 Å². The molecule has 1 fully saturated rings. The van der Waals surface area contributed by atoms with Gasteiger partial charge in [-0.15, -0.1) is 0 Å². The summed E-state index contributed by atoms with van der Waals surface area (Å²) in [4.78, 5) is 13.3. The fourth-order valence-electron chi connectivity index (χ4n) is 4.56. The Balaban J connectivity index is 1.52. The molecule has 1 amide bonds. The third kappa shape index (κ3) is 6.82. The second kappa shape index (κ2) is 12.7. The van der Waals surface area contributed by atoms with E-state index in [0.29, 0.717) is 29.4 Å². The third-order valence-corrected chi connectivity index (χ3v) is 9.62. The van der Waals surface area contributed by atoms with Gasteiger partial charge in [0.25, 0.3) is 0 Å². The smallest absolute Gasteiger partial charge is 0.243 e. The van der Waals surface area contributed by atoms with Crippen molar-refractivity contribution in [3.8, 4) is 0 Å². The molecule has 0 aromatic heterocycles. The normalized spacial score (nSPS) is 16.1. The maximum atomic E-state index is 14.6. The van der Waals surface area contributed by atoms with Crippen LogP contribution in [0.15, 0.2) is 76.1 Å². The molecule has 1 aliphatic rings. The number of amides is 1. The number of halogens is 3. The molecule has 1 aliphatic heterocycles. The van der Waals surface area contributed by atoms with Gasteiger partial charge in [-0.2, -0.15) is 4.31 Å². The molecule has 0 saturated carbocycles. The first-order valence-corrected chi connectivity index (χ1v) is 15.1. The first-order valence-electron chi connectivity index (χ1n) is 12.5. The van der Waals surface area contributed by atoms with Crippen molar-refractivity contribution in [2.24, 2.45) is 0 Å². The molecule has 4 rings (SSSR count). The van der Waals surface area contributed by atoms with E-state index in [0.717, 1.165) is 29.3 Å². The highest BCUT2D eigenvalue weighted by molar-refractivity contribution is 9.10. The van der Waals surface area contributed by atoms with Gasteiger partial charge in [0, 0.05) is 39.9 Å². The van der Waals surface area contributed by atoms with E-state index in [4.69, 9.17) is 11.6 Å². The number of sulfonamides is 1. The minimum absolute atomic E-state index is 0.151. The number of nitrogens with one attached hydrogen (secondary N) is 2. The monoisotopic (exact) mass is 621 g/mol. The zero-order valence-corrected chi connectivity index (χ0v) is 24.1. The Labute approximate surface area is 236 Å². The van der Waals surface area contributed by atoms with E-state index in [9.17, 15) is 17.6 Å². The molecule has 38 heavy (non-hydrogen) atoms. The molecule has 1 heterocycles. The number of anilines is 1. The van der Waals surface area contributed by atoms with Crippen molar-refractivity contribution in [2.75, 3.05) is 18.4 Å². The zero-order chi connectivity index (χ0) is 27.3. The fraction of sp³-hybridized carbons (Fsp3) is 0.321. The summed E-state index contributed by atoms with van der Waals surface area (Å²) in [6.07, 6.45) is 2.93. The largest absolute Gasteiger partial charge is 0.325 e. The molecule has 2 N–H and O–H groups in total. The van der Waals surface area contributed by atoms with E-state index in [1.165, 1.54) is 16.4 Å². The minimum atomic E-state index is -3.63. The van der Waals surface area contributed by atoms with Gasteiger partial charge in [0.15, 0.2) is 0 Å². The molecular formula is C28H30BrClFN3O3S. The average molecular weight is 623 g/mol. The summed E-state index contributed by atoms with van der Waals surface area (Å²) in [5, 5.41) is 6.43. The second-order valence-corrected chi connectivity index (χ2v) is 12.5. The summed E-state index contributed by atoms with van der Waals surface area (Å²) in [5.74, 6) is -0.769. The van der Waals surface area contributed by atoms with Crippen molar-refractivity contribution >= 4 is 49.1 Å². The summed E-state index contributed by atoms with van der Waals surface area (Å²) in [6, 6.07) is 17.3. The molecule has 202 valence electrons. The molecule has 0 spiro atoms. The van der Waals surface area contributed by atoms with Gasteiger partial charge < -0.3 is 5.32 Å². The first kappa shape index (κ1) is 28.7. The predicted octanol–water partition coefficient (Wildman–Crippen LogP) is 6.32. The van der Waals surface area contributed by atoms with Gasteiger partial charge in [0.2, 0.25) is 15.9 Å². The van der Waals surface area contributed by atoms with Crippen LogP contribution < -0.4 is 10.6 Å². The van der Waals surface area contributed by atoms with Crippen molar-refractivity contribution in [3.63, 3.8) is 0 Å². The fourth-order valence-corrected chi connectivity index (χ4v) is 6.93. The number of carbonyl (C=O) groups is 1. The van der Waals surface area contributed by atoms with Crippen molar-refractivity contribution in [3.05, 3.63) is 93.2 Å². The van der Waals surface area contributed by atoms with Crippen LogP contribution in [0.5, 0.6) is 0 Å². The van der Waals surface area contributed by atoms with Crippen LogP contribution in [0.3, 0.4) is 0 Å². The van der Waals surface area contributed by atoms with Crippen LogP contribution in [0.4, 0.5) is 10.1 Å². The maximum absolute atomic E-state index is 14.6. The highest BCUT2D eigenvalue weighted by Crippen LogP contribution is 2.30. The van der Waals surface area contributed by atoms with E-state index < -0.39 is 27.9 Å². The lowest BCUT2D eigenvalue weighted by Gasteiger charge is -2.26. The van der Waals surface area contributed by atoms with Gasteiger partial charge in [0.1, 0.15) is 5.82 Å². The topological polar surface area (TPSA) is 78.5 Å². The quantitative estimate of drug-likeness (QED) is 0.293. The van der Waals surface area contributed by atoms with Crippen molar-refractivity contribution in [1.29, 1.82) is 0 Å². The van der Waals surface area contributed by atoms with Gasteiger partial charge in [-0.3, -0.25) is 10.1 Å². The molecule has 2 atom stereocenters. The molecule has 0 radical (unpaired) electrons. The highest BCUT2D eigenvalue weighted by Gasteiger charge is 2.27. The van der Waals surface area contributed by atoms with Gasteiger partial charge in [0.05, 0.1) is 10.9 Å². The van der Waals surface area contributed by atoms with E-state index in [2.05, 4.69) is 26.6 Å². The van der Waals surface area contributed by atoms with Crippen LogP contribution in [0.1, 0.15) is 43.4 Å². The van der Waals surface area contributed by atoms with Crippen LogP contribution in [0, 0.1) is 5.82 Å². The second-order valence-electron chi connectivity index (χ2n) is 9.35. The van der Waals surface area contributed by atoms with Crippen LogP contribution in [0.25, 0.3) is 0 Å². The number of hydrogen-bond acceptors (Lipinski definition) is 4. The summed E-state index contributed by atoms with van der Waals surface area (Å²) in [5.41, 5.74) is 1.59. The Morgan fingerprint density at radius 2 is 1.76 bits per heavy atom. The molecule has 3 aromatic carbocycles. The van der Waals surface area contributed by atoms with Crippen LogP contribution in [-0.2, 0) is 21.2 Å². The predicted molar refractivity (Wildman–Crippen MR) is 152 cm³/mol. The minimum Gasteiger partial charge on any atom is -0.325 e. The van der Waals surface area contributed by atoms with E-state index in [-0.39, 0.29) is 17.2 Å². The summed E-state index contributed by atoms with van der Waals surface area (Å²) >= 11 is 9.86. The molecule has 0 aliphatic carbocycles. The summed E-state index contributed by atoms with van der Waals surface area (Å²) in [7, 11) is -3.63. The van der Waals surface area contributed by atoms with Gasteiger partial charge in [-0.25, -0.2) is 12.8 Å². The number of rotatable bonds is 9. The number of carbonyl (C=O) groups excluding carboxylic acids is 1. The molecule has 1 saturated heterocycles. The molecule has 2 unspecified atom stereocenters. The number of benzene rings is 3. The Kier molecular flexibility index (Phi) is 9.59. The van der Waals surface area contributed by atoms with E-state index in [1.807, 2.05) is 24.3 Å². The highest BCUT2D eigenvalue weighted by atomic mass is 79.9. The Hall–Kier alpha value is -2.30. The lowest BCUT2D eigenvalue weighted by molar-refractivity contribution is -0.118. The SMILES string of the molecule is CC(NC(Cc1c(F)cccc1Cl)c1ccccc1Br)C(=O)Nc1cccc(S(=O)(=O)N2CCCCC2)c1. The maximum Gasteiger partial charge on any atom is 0.243 e. The first-order chi connectivity index (χ1) is 18.2. The molecule has 10 heteroatoms. The Morgan fingerprint density at radius 1 is 1.05 bits per heavy atom. The summed E-state index contributed by atoms with van der Waals surface area (Å²) < 4.78 is 43.1. The Bertz CT molecular complexity index is 1380. The van der Waals surface area contributed by atoms with Crippen LogP contribution in [-0.4, -0.2) is 37.8 Å². The zero-order valence-electron chi connectivity index (χ0n) is 21.0. The lowest BCUT2D eigenvalue weighted by atomic mass is 9.97. The van der Waals surface area contributed by atoms with Gasteiger partial charge >= 0.3 is 0 Å². The molecule has 6 nitrogen and oxygen atoms in total. The number of piperidine rings is 1. The summed E-state index contributed by atoms with van der Waals surface area (Å²) in [6.45, 7) is 2.71. The van der Waals surface area contributed by atoms with Crippen molar-refractivity contribution < 1.29 is 17.6 Å². The van der Waals surface area contributed by atoms with Crippen molar-refractivity contribution in [1.82, 2.24) is 9.62 Å². The average Bonchev–Trinajstić information content (AvgIpc) is 2.91. The Morgan fingerprint density at radius 3 is 2.47 bits per heavy atom. The van der Waals surface area contributed by atoms with E-state index >= 15 is 0 Å².